The molecule has 6 heteroatoms. The van der Waals surface area contributed by atoms with Gasteiger partial charge < -0.3 is 14.6 Å². The van der Waals surface area contributed by atoms with Gasteiger partial charge in [0.2, 0.25) is 11.8 Å². The van der Waals surface area contributed by atoms with Gasteiger partial charge in [0.25, 0.3) is 0 Å². The van der Waals surface area contributed by atoms with E-state index in [0.29, 0.717) is 50.7 Å². The Hall–Kier alpha value is -2.37. The smallest absolute Gasteiger partial charge is 0.224 e. The van der Waals surface area contributed by atoms with Crippen LogP contribution in [0.5, 0.6) is 0 Å². The Kier molecular flexibility index (Phi) is 5.36. The molecule has 2 amide bonds. The minimum absolute atomic E-state index is 0.0115. The summed E-state index contributed by atoms with van der Waals surface area (Å²) in [6, 6.07) is 7.62. The lowest BCUT2D eigenvalue weighted by atomic mass is 9.96. The molecule has 1 fully saturated rings. The van der Waals surface area contributed by atoms with Crippen LogP contribution in [-0.2, 0) is 16.0 Å². The molecule has 0 unspecified atom stereocenters. The molecule has 1 aliphatic heterocycles. The summed E-state index contributed by atoms with van der Waals surface area (Å²) in [4.78, 5) is 30.6. The first kappa shape index (κ1) is 17.5. The number of amides is 2. The maximum absolute atomic E-state index is 12.4. The fraction of sp³-hybridized carbons (Fsp3) is 0.526. The number of hydrogen-bond acceptors (Lipinski definition) is 4. The zero-order chi connectivity index (χ0) is 17.8. The van der Waals surface area contributed by atoms with Gasteiger partial charge in [-0.2, -0.15) is 0 Å². The van der Waals surface area contributed by atoms with Gasteiger partial charge in [-0.3, -0.25) is 9.59 Å². The average molecular weight is 343 g/mol. The Labute approximate surface area is 147 Å². The topological polar surface area (TPSA) is 75.4 Å². The maximum atomic E-state index is 12.4. The van der Waals surface area contributed by atoms with E-state index in [1.165, 1.54) is 0 Å². The van der Waals surface area contributed by atoms with Crippen LogP contribution < -0.4 is 5.32 Å². The molecule has 1 aromatic carbocycles. The first-order valence-corrected chi connectivity index (χ1v) is 8.93. The number of aromatic nitrogens is 1. The van der Waals surface area contributed by atoms with Crippen LogP contribution in [0, 0.1) is 11.8 Å². The molecule has 3 rings (SSSR count). The van der Waals surface area contributed by atoms with E-state index < -0.39 is 0 Å². The van der Waals surface area contributed by atoms with E-state index >= 15 is 0 Å². The number of fused-ring (bicyclic) bond motifs is 1. The number of piperidine rings is 1. The summed E-state index contributed by atoms with van der Waals surface area (Å²) in [5.41, 5.74) is 1.60. The van der Waals surface area contributed by atoms with Gasteiger partial charge in [0.1, 0.15) is 5.52 Å². The molecule has 2 aromatic rings. The van der Waals surface area contributed by atoms with Gasteiger partial charge in [0, 0.05) is 32.5 Å². The van der Waals surface area contributed by atoms with Gasteiger partial charge in [-0.25, -0.2) is 4.98 Å². The first-order chi connectivity index (χ1) is 12.0. The van der Waals surface area contributed by atoms with E-state index in [1.807, 2.05) is 29.2 Å². The normalized spacial score (nSPS) is 18.1. The van der Waals surface area contributed by atoms with Crippen molar-refractivity contribution in [3.05, 3.63) is 30.2 Å². The van der Waals surface area contributed by atoms with Crippen molar-refractivity contribution in [1.29, 1.82) is 0 Å². The summed E-state index contributed by atoms with van der Waals surface area (Å²) in [5, 5.41) is 2.96. The van der Waals surface area contributed by atoms with E-state index in [4.69, 9.17) is 4.42 Å². The number of nitrogens with zero attached hydrogens (tertiary/aromatic N) is 2. The number of carbonyl (C=O) groups excluding carboxylic acids is 2. The molecule has 6 nitrogen and oxygen atoms in total. The lowest BCUT2D eigenvalue weighted by molar-refractivity contribution is -0.138. The molecule has 1 saturated heterocycles. The molecule has 0 bridgehead atoms. The minimum Gasteiger partial charge on any atom is -0.441 e. The highest BCUT2D eigenvalue weighted by Crippen LogP contribution is 2.19. The Morgan fingerprint density at radius 2 is 2.20 bits per heavy atom. The Morgan fingerprint density at radius 3 is 2.96 bits per heavy atom. The highest BCUT2D eigenvalue weighted by atomic mass is 16.3. The van der Waals surface area contributed by atoms with E-state index in [2.05, 4.69) is 24.1 Å². The van der Waals surface area contributed by atoms with Crippen molar-refractivity contribution in [3.63, 3.8) is 0 Å². The number of nitrogens with one attached hydrogen (secondary N) is 1. The van der Waals surface area contributed by atoms with Crippen molar-refractivity contribution < 1.29 is 14.0 Å². The lowest BCUT2D eigenvalue weighted by Crippen LogP contribution is -2.47. The SMILES string of the molecule is CC(C)CN1C[C@@H](C(=O)NCCc2nc3ccccc3o2)CCC1=O. The number of oxazole rings is 1. The van der Waals surface area contributed by atoms with Crippen molar-refractivity contribution in [3.8, 4) is 0 Å². The highest BCUT2D eigenvalue weighted by Gasteiger charge is 2.30. The molecule has 1 N–H and O–H groups in total. The van der Waals surface area contributed by atoms with Gasteiger partial charge in [0.15, 0.2) is 11.5 Å². The zero-order valence-corrected chi connectivity index (χ0v) is 14.8. The van der Waals surface area contributed by atoms with Crippen molar-refractivity contribution in [1.82, 2.24) is 15.2 Å². The monoisotopic (exact) mass is 343 g/mol. The molecule has 134 valence electrons. The van der Waals surface area contributed by atoms with Crippen molar-refractivity contribution >= 4 is 22.9 Å². The second kappa shape index (κ2) is 7.68. The Balaban J connectivity index is 1.49. The third kappa shape index (κ3) is 4.38. The number of rotatable bonds is 6. The van der Waals surface area contributed by atoms with Crippen LogP contribution in [0.4, 0.5) is 0 Å². The first-order valence-electron chi connectivity index (χ1n) is 8.93. The van der Waals surface area contributed by atoms with E-state index in [0.717, 1.165) is 11.1 Å². The summed E-state index contributed by atoms with van der Waals surface area (Å²) in [6.07, 6.45) is 1.64. The van der Waals surface area contributed by atoms with Crippen LogP contribution in [0.3, 0.4) is 0 Å². The number of hydrogen-bond donors (Lipinski definition) is 1. The summed E-state index contributed by atoms with van der Waals surface area (Å²) in [6.45, 7) is 5.88. The fourth-order valence-electron chi connectivity index (χ4n) is 3.21. The van der Waals surface area contributed by atoms with Gasteiger partial charge in [-0.15, -0.1) is 0 Å². The van der Waals surface area contributed by atoms with Crippen molar-refractivity contribution in [2.75, 3.05) is 19.6 Å². The molecule has 2 heterocycles. The molecule has 1 aliphatic rings. The standard InChI is InChI=1S/C19H25N3O3/c1-13(2)11-22-12-14(7-8-18(22)23)19(24)20-10-9-17-21-15-5-3-4-6-16(15)25-17/h3-6,13-14H,7-12H2,1-2H3,(H,20,24)/t14-/m0/s1. The maximum Gasteiger partial charge on any atom is 0.224 e. The molecular weight excluding hydrogens is 318 g/mol. The number of para-hydroxylation sites is 2. The molecular formula is C19H25N3O3. The van der Waals surface area contributed by atoms with E-state index in [9.17, 15) is 9.59 Å². The third-order valence-electron chi connectivity index (χ3n) is 4.43. The minimum atomic E-state index is -0.125. The number of likely N-dealkylation sites (tertiary alicyclic amines) is 1. The molecule has 1 aromatic heterocycles. The van der Waals surface area contributed by atoms with Crippen molar-refractivity contribution in [2.45, 2.75) is 33.1 Å². The van der Waals surface area contributed by atoms with Crippen LogP contribution in [-0.4, -0.2) is 41.3 Å². The predicted molar refractivity (Wildman–Crippen MR) is 94.9 cm³/mol. The average Bonchev–Trinajstić information content (AvgIpc) is 2.99. The van der Waals surface area contributed by atoms with Gasteiger partial charge in [0.05, 0.1) is 5.92 Å². The molecule has 0 saturated carbocycles. The fourth-order valence-corrected chi connectivity index (χ4v) is 3.21. The van der Waals surface area contributed by atoms with Gasteiger partial charge in [-0.05, 0) is 24.5 Å². The molecule has 0 radical (unpaired) electrons. The zero-order valence-electron chi connectivity index (χ0n) is 14.8. The summed E-state index contributed by atoms with van der Waals surface area (Å²) in [7, 11) is 0. The second-order valence-electron chi connectivity index (χ2n) is 7.04. The largest absolute Gasteiger partial charge is 0.441 e. The van der Waals surface area contributed by atoms with Crippen LogP contribution in [0.2, 0.25) is 0 Å². The van der Waals surface area contributed by atoms with Gasteiger partial charge >= 0.3 is 0 Å². The van der Waals surface area contributed by atoms with Gasteiger partial charge in [-0.1, -0.05) is 26.0 Å². The van der Waals surface area contributed by atoms with E-state index in [-0.39, 0.29) is 17.7 Å². The number of carbonyl (C=O) groups is 2. The molecule has 1 atom stereocenters. The quantitative estimate of drug-likeness (QED) is 0.874. The van der Waals surface area contributed by atoms with Crippen LogP contribution in [0.1, 0.15) is 32.6 Å². The summed E-state index contributed by atoms with van der Waals surface area (Å²) >= 11 is 0. The van der Waals surface area contributed by atoms with Crippen molar-refractivity contribution in [2.24, 2.45) is 11.8 Å². The Morgan fingerprint density at radius 1 is 1.40 bits per heavy atom. The Bertz CT molecular complexity index is 720. The number of benzene rings is 1. The van der Waals surface area contributed by atoms with Crippen LogP contribution in [0.15, 0.2) is 28.7 Å². The van der Waals surface area contributed by atoms with Crippen LogP contribution in [0.25, 0.3) is 11.1 Å². The summed E-state index contributed by atoms with van der Waals surface area (Å²) in [5.74, 6) is 1.08. The molecule has 25 heavy (non-hydrogen) atoms. The predicted octanol–water partition coefficient (Wildman–Crippen LogP) is 2.38. The second-order valence-corrected chi connectivity index (χ2v) is 7.04. The third-order valence-corrected chi connectivity index (χ3v) is 4.43. The van der Waals surface area contributed by atoms with Crippen LogP contribution >= 0.6 is 0 Å². The highest BCUT2D eigenvalue weighted by molar-refractivity contribution is 5.83. The lowest BCUT2D eigenvalue weighted by Gasteiger charge is -2.33. The molecule has 0 spiro atoms. The molecule has 0 aliphatic carbocycles. The van der Waals surface area contributed by atoms with E-state index in [1.54, 1.807) is 0 Å². The summed E-state index contributed by atoms with van der Waals surface area (Å²) < 4.78 is 5.65.